The number of hydrogen-bond donors (Lipinski definition) is 1. The van der Waals surface area contributed by atoms with Gasteiger partial charge in [-0.15, -0.1) is 0 Å². The number of hydrogen-bond acceptors (Lipinski definition) is 4. The van der Waals surface area contributed by atoms with Crippen molar-refractivity contribution in [1.29, 1.82) is 0 Å². The van der Waals surface area contributed by atoms with Crippen molar-refractivity contribution in [3.8, 4) is 16.9 Å². The molecule has 0 aliphatic heterocycles. The Labute approximate surface area is 112 Å². The van der Waals surface area contributed by atoms with Crippen LogP contribution < -0.4 is 5.43 Å². The van der Waals surface area contributed by atoms with E-state index in [1.807, 2.05) is 0 Å². The van der Waals surface area contributed by atoms with Gasteiger partial charge >= 0.3 is 0 Å². The van der Waals surface area contributed by atoms with Gasteiger partial charge in [0.1, 0.15) is 5.75 Å². The molecule has 3 rings (SSSR count). The van der Waals surface area contributed by atoms with Crippen molar-refractivity contribution in [2.45, 2.75) is 0 Å². The molecule has 0 fully saturated rings. The van der Waals surface area contributed by atoms with Gasteiger partial charge in [0.05, 0.1) is 16.7 Å². The summed E-state index contributed by atoms with van der Waals surface area (Å²) in [5.41, 5.74) is 1.48. The van der Waals surface area contributed by atoms with Gasteiger partial charge in [0.2, 0.25) is 5.71 Å². The molecule has 2 heterocycles. The molecule has 3 aromatic rings. The Hall–Kier alpha value is -2.33. The predicted octanol–water partition coefficient (Wildman–Crippen LogP) is 3.21. The molecular weight excluding hydrogens is 266 g/mol. The first-order valence-corrected chi connectivity index (χ1v) is 5.90. The first kappa shape index (κ1) is 11.7. The second kappa shape index (κ2) is 4.40. The Morgan fingerprint density at radius 1 is 1.21 bits per heavy atom. The van der Waals surface area contributed by atoms with Gasteiger partial charge in [0.25, 0.3) is 0 Å². The number of rotatable bonds is 1. The molecule has 0 unspecified atom stereocenters. The van der Waals surface area contributed by atoms with Gasteiger partial charge in [-0.25, -0.2) is 4.98 Å². The molecule has 19 heavy (non-hydrogen) atoms. The molecule has 94 valence electrons. The van der Waals surface area contributed by atoms with E-state index < -0.39 is 0 Å². The second-order valence-electron chi connectivity index (χ2n) is 3.99. The zero-order chi connectivity index (χ0) is 13.4. The lowest BCUT2D eigenvalue weighted by molar-refractivity contribution is 0.475. The van der Waals surface area contributed by atoms with Crippen molar-refractivity contribution in [1.82, 2.24) is 4.98 Å². The van der Waals surface area contributed by atoms with Gasteiger partial charge in [-0.3, -0.25) is 4.79 Å². The highest BCUT2D eigenvalue weighted by Crippen LogP contribution is 2.31. The van der Waals surface area contributed by atoms with Crippen LogP contribution in [0.5, 0.6) is 5.75 Å². The molecule has 5 heteroatoms. The summed E-state index contributed by atoms with van der Waals surface area (Å²) < 4.78 is 5.22. The Bertz CT molecular complexity index is 821. The molecule has 1 N–H and O–H groups in total. The Morgan fingerprint density at radius 3 is 2.84 bits per heavy atom. The third-order valence-electron chi connectivity index (χ3n) is 2.82. The molecule has 0 atom stereocenters. The summed E-state index contributed by atoms with van der Waals surface area (Å²) in [7, 11) is 0. The molecule has 0 amide bonds. The van der Waals surface area contributed by atoms with E-state index in [1.165, 1.54) is 18.4 Å². The van der Waals surface area contributed by atoms with E-state index in [0.29, 0.717) is 16.5 Å². The lowest BCUT2D eigenvalue weighted by Gasteiger charge is -2.06. The molecular formula is C14H8ClNO3. The summed E-state index contributed by atoms with van der Waals surface area (Å²) in [4.78, 5) is 16.0. The van der Waals surface area contributed by atoms with Crippen LogP contribution in [0.4, 0.5) is 0 Å². The van der Waals surface area contributed by atoms with E-state index >= 15 is 0 Å². The maximum Gasteiger partial charge on any atom is 0.230 e. The van der Waals surface area contributed by atoms with Crippen molar-refractivity contribution in [3.63, 3.8) is 0 Å². The number of phenols is 1. The number of pyridine rings is 1. The standard InChI is InChI=1S/C14H8ClNO3/c15-10-7-8(1-2-11(10)17)9-3-5-16-14-13(9)12(18)4-6-19-14/h1-7,17H. The summed E-state index contributed by atoms with van der Waals surface area (Å²) in [6.45, 7) is 0. The maximum absolute atomic E-state index is 11.9. The lowest BCUT2D eigenvalue weighted by atomic mass is 10.0. The molecule has 0 spiro atoms. The maximum atomic E-state index is 11.9. The summed E-state index contributed by atoms with van der Waals surface area (Å²) >= 11 is 5.89. The average Bonchev–Trinajstić information content (AvgIpc) is 2.42. The van der Waals surface area contributed by atoms with Crippen LogP contribution >= 0.6 is 11.6 Å². The summed E-state index contributed by atoms with van der Waals surface area (Å²) in [5.74, 6) is -0.00388. The topological polar surface area (TPSA) is 63.3 Å². The smallest absolute Gasteiger partial charge is 0.230 e. The molecule has 4 nitrogen and oxygen atoms in total. The molecule has 0 aliphatic rings. The van der Waals surface area contributed by atoms with E-state index in [1.54, 1.807) is 24.4 Å². The largest absolute Gasteiger partial charge is 0.506 e. The number of benzene rings is 1. The molecule has 0 saturated heterocycles. The first-order valence-electron chi connectivity index (χ1n) is 5.52. The van der Waals surface area contributed by atoms with Crippen LogP contribution in [-0.2, 0) is 0 Å². The molecule has 2 aromatic heterocycles. The van der Waals surface area contributed by atoms with Crippen LogP contribution in [-0.4, -0.2) is 10.1 Å². The molecule has 0 bridgehead atoms. The van der Waals surface area contributed by atoms with Crippen molar-refractivity contribution < 1.29 is 9.52 Å². The number of nitrogens with zero attached hydrogens (tertiary/aromatic N) is 1. The second-order valence-corrected chi connectivity index (χ2v) is 4.40. The Balaban J connectivity index is 2.36. The number of phenolic OH excluding ortho intramolecular Hbond substituents is 1. The first-order chi connectivity index (χ1) is 9.16. The van der Waals surface area contributed by atoms with E-state index in [-0.39, 0.29) is 21.9 Å². The van der Waals surface area contributed by atoms with Crippen LogP contribution in [0, 0.1) is 0 Å². The van der Waals surface area contributed by atoms with Crippen molar-refractivity contribution in [2.24, 2.45) is 0 Å². The van der Waals surface area contributed by atoms with Gasteiger partial charge in [-0.1, -0.05) is 17.7 Å². The predicted molar refractivity (Wildman–Crippen MR) is 72.4 cm³/mol. The number of fused-ring (bicyclic) bond motifs is 1. The van der Waals surface area contributed by atoms with Crippen molar-refractivity contribution in [2.75, 3.05) is 0 Å². The lowest BCUT2D eigenvalue weighted by Crippen LogP contribution is -2.01. The van der Waals surface area contributed by atoms with Crippen LogP contribution in [0.3, 0.4) is 0 Å². The van der Waals surface area contributed by atoms with Crippen molar-refractivity contribution >= 4 is 22.7 Å². The zero-order valence-electron chi connectivity index (χ0n) is 9.63. The van der Waals surface area contributed by atoms with Crippen LogP contribution in [0.1, 0.15) is 0 Å². The number of halogens is 1. The normalized spacial score (nSPS) is 10.8. The monoisotopic (exact) mass is 273 g/mol. The summed E-state index contributed by atoms with van der Waals surface area (Å²) in [6, 6.07) is 7.81. The summed E-state index contributed by atoms with van der Waals surface area (Å²) in [5, 5.41) is 10.1. The van der Waals surface area contributed by atoms with Crippen LogP contribution in [0.25, 0.3) is 22.2 Å². The van der Waals surface area contributed by atoms with Gasteiger partial charge in [-0.05, 0) is 29.3 Å². The van der Waals surface area contributed by atoms with Gasteiger partial charge in [0.15, 0.2) is 5.43 Å². The van der Waals surface area contributed by atoms with E-state index in [2.05, 4.69) is 4.98 Å². The highest BCUT2D eigenvalue weighted by atomic mass is 35.5. The summed E-state index contributed by atoms with van der Waals surface area (Å²) in [6.07, 6.45) is 2.87. The minimum atomic E-state index is -0.173. The zero-order valence-corrected chi connectivity index (χ0v) is 10.4. The highest BCUT2D eigenvalue weighted by molar-refractivity contribution is 6.32. The number of aromatic nitrogens is 1. The Kier molecular flexibility index (Phi) is 2.72. The third-order valence-corrected chi connectivity index (χ3v) is 3.12. The fraction of sp³-hybridized carbons (Fsp3) is 0. The number of aromatic hydroxyl groups is 1. The van der Waals surface area contributed by atoms with E-state index in [4.69, 9.17) is 16.0 Å². The van der Waals surface area contributed by atoms with Crippen molar-refractivity contribution in [3.05, 3.63) is 58.0 Å². The Morgan fingerprint density at radius 2 is 2.05 bits per heavy atom. The van der Waals surface area contributed by atoms with Crippen LogP contribution in [0.15, 0.2) is 52.0 Å². The molecule has 0 saturated carbocycles. The molecule has 1 aromatic carbocycles. The fourth-order valence-corrected chi connectivity index (χ4v) is 2.11. The highest BCUT2D eigenvalue weighted by Gasteiger charge is 2.10. The van der Waals surface area contributed by atoms with E-state index in [9.17, 15) is 9.90 Å². The van der Waals surface area contributed by atoms with Gasteiger partial charge in [0, 0.05) is 12.3 Å². The third kappa shape index (κ3) is 1.96. The fourth-order valence-electron chi connectivity index (χ4n) is 1.93. The molecule has 0 radical (unpaired) electrons. The SMILES string of the molecule is O=c1ccoc2nccc(-c3ccc(O)c(Cl)c3)c12. The minimum absolute atomic E-state index is 0.00388. The average molecular weight is 274 g/mol. The van der Waals surface area contributed by atoms with Crippen LogP contribution in [0.2, 0.25) is 5.02 Å². The van der Waals surface area contributed by atoms with E-state index in [0.717, 1.165) is 0 Å². The van der Waals surface area contributed by atoms with Gasteiger partial charge < -0.3 is 9.52 Å². The molecule has 0 aliphatic carbocycles. The minimum Gasteiger partial charge on any atom is -0.506 e. The van der Waals surface area contributed by atoms with Gasteiger partial charge in [-0.2, -0.15) is 0 Å². The quantitative estimate of drug-likeness (QED) is 0.739.